The van der Waals surface area contributed by atoms with Crippen LogP contribution in [0.1, 0.15) is 31.4 Å². The quantitative estimate of drug-likeness (QED) is 0.911. The van der Waals surface area contributed by atoms with E-state index in [0.29, 0.717) is 5.88 Å². The van der Waals surface area contributed by atoms with E-state index in [1.807, 2.05) is 13.0 Å². The first-order valence-corrected chi connectivity index (χ1v) is 7.64. The first-order chi connectivity index (χ1) is 9.76. The molecule has 1 unspecified atom stereocenters. The number of piperidine rings is 1. The summed E-state index contributed by atoms with van der Waals surface area (Å²) in [6, 6.07) is 2.61. The zero-order chi connectivity index (χ0) is 13.9. The maximum atomic E-state index is 5.24. The summed E-state index contributed by atoms with van der Waals surface area (Å²) < 4.78 is 5.24. The van der Waals surface area contributed by atoms with E-state index in [0.717, 1.165) is 36.7 Å². The molecule has 0 aliphatic carbocycles. The standard InChI is InChI=1S/C15H24N4O/c1-11-10-14(20-2)18-15(17-11)19-8-5-12(6-9-19)13-4-3-7-16-13/h10,12-13,16H,3-9H2,1-2H3. The van der Waals surface area contributed by atoms with Gasteiger partial charge in [-0.1, -0.05) is 0 Å². The Balaban J connectivity index is 1.64. The number of aromatic nitrogens is 2. The van der Waals surface area contributed by atoms with Crippen LogP contribution in [0.3, 0.4) is 0 Å². The van der Waals surface area contributed by atoms with E-state index in [4.69, 9.17) is 4.74 Å². The normalized spacial score (nSPS) is 24.1. The van der Waals surface area contributed by atoms with Gasteiger partial charge in [-0.2, -0.15) is 4.98 Å². The first-order valence-electron chi connectivity index (χ1n) is 7.64. The minimum Gasteiger partial charge on any atom is -0.481 e. The molecule has 2 aliphatic heterocycles. The van der Waals surface area contributed by atoms with Crippen molar-refractivity contribution in [2.75, 3.05) is 31.6 Å². The Hall–Kier alpha value is -1.36. The molecule has 0 aromatic carbocycles. The van der Waals surface area contributed by atoms with Crippen LogP contribution in [0.25, 0.3) is 0 Å². The summed E-state index contributed by atoms with van der Waals surface area (Å²) in [5, 5.41) is 3.64. The van der Waals surface area contributed by atoms with Crippen molar-refractivity contribution in [2.24, 2.45) is 5.92 Å². The van der Waals surface area contributed by atoms with E-state index in [-0.39, 0.29) is 0 Å². The molecule has 0 bridgehead atoms. The summed E-state index contributed by atoms with van der Waals surface area (Å²) in [6.07, 6.45) is 5.15. The molecule has 0 spiro atoms. The maximum Gasteiger partial charge on any atom is 0.228 e. The lowest BCUT2D eigenvalue weighted by Gasteiger charge is -2.35. The maximum absolute atomic E-state index is 5.24. The Morgan fingerprint density at radius 3 is 2.70 bits per heavy atom. The minimum absolute atomic E-state index is 0.659. The molecule has 3 rings (SSSR count). The molecule has 1 aromatic rings. The van der Waals surface area contributed by atoms with Gasteiger partial charge >= 0.3 is 0 Å². The molecule has 1 aromatic heterocycles. The van der Waals surface area contributed by atoms with Crippen molar-refractivity contribution in [3.05, 3.63) is 11.8 Å². The molecular formula is C15H24N4O. The van der Waals surface area contributed by atoms with Gasteiger partial charge < -0.3 is 15.0 Å². The Kier molecular flexibility index (Phi) is 4.05. The Bertz CT molecular complexity index is 451. The number of hydrogen-bond acceptors (Lipinski definition) is 5. The van der Waals surface area contributed by atoms with Crippen molar-refractivity contribution in [3.8, 4) is 5.88 Å². The molecule has 5 heteroatoms. The van der Waals surface area contributed by atoms with Crippen LogP contribution in [0.15, 0.2) is 6.07 Å². The molecule has 5 nitrogen and oxygen atoms in total. The van der Waals surface area contributed by atoms with E-state index in [1.165, 1.54) is 32.2 Å². The summed E-state index contributed by atoms with van der Waals surface area (Å²) in [5.74, 6) is 2.30. The Morgan fingerprint density at radius 1 is 1.25 bits per heavy atom. The smallest absolute Gasteiger partial charge is 0.228 e. The fourth-order valence-electron chi connectivity index (χ4n) is 3.39. The minimum atomic E-state index is 0.659. The van der Waals surface area contributed by atoms with E-state index in [1.54, 1.807) is 7.11 Å². The topological polar surface area (TPSA) is 50.3 Å². The van der Waals surface area contributed by atoms with Crippen molar-refractivity contribution in [1.82, 2.24) is 15.3 Å². The van der Waals surface area contributed by atoms with Crippen molar-refractivity contribution < 1.29 is 4.74 Å². The van der Waals surface area contributed by atoms with Gasteiger partial charge in [0, 0.05) is 30.9 Å². The third-order valence-corrected chi connectivity index (χ3v) is 4.52. The number of hydrogen-bond donors (Lipinski definition) is 1. The average molecular weight is 276 g/mol. The predicted molar refractivity (Wildman–Crippen MR) is 79.3 cm³/mol. The summed E-state index contributed by atoms with van der Waals surface area (Å²) in [6.45, 7) is 5.29. The van der Waals surface area contributed by atoms with Crippen LogP contribution in [0, 0.1) is 12.8 Å². The van der Waals surface area contributed by atoms with Gasteiger partial charge in [-0.15, -0.1) is 0 Å². The van der Waals surface area contributed by atoms with E-state index >= 15 is 0 Å². The molecular weight excluding hydrogens is 252 g/mol. The van der Waals surface area contributed by atoms with Crippen LogP contribution in [0.4, 0.5) is 5.95 Å². The Labute approximate surface area is 120 Å². The lowest BCUT2D eigenvalue weighted by molar-refractivity contribution is 0.317. The highest BCUT2D eigenvalue weighted by Gasteiger charge is 2.29. The zero-order valence-electron chi connectivity index (χ0n) is 12.4. The van der Waals surface area contributed by atoms with Gasteiger partial charge in [0.2, 0.25) is 11.8 Å². The molecule has 110 valence electrons. The number of nitrogens with one attached hydrogen (secondary N) is 1. The number of methoxy groups -OCH3 is 1. The summed E-state index contributed by atoms with van der Waals surface area (Å²) in [5.41, 5.74) is 0.964. The molecule has 2 fully saturated rings. The van der Waals surface area contributed by atoms with Crippen LogP contribution in [-0.2, 0) is 0 Å². The van der Waals surface area contributed by atoms with Crippen LogP contribution in [0.2, 0.25) is 0 Å². The third-order valence-electron chi connectivity index (χ3n) is 4.52. The van der Waals surface area contributed by atoms with Crippen molar-refractivity contribution in [1.29, 1.82) is 0 Å². The lowest BCUT2D eigenvalue weighted by atomic mass is 9.89. The van der Waals surface area contributed by atoms with Crippen molar-refractivity contribution in [3.63, 3.8) is 0 Å². The molecule has 3 heterocycles. The Morgan fingerprint density at radius 2 is 2.05 bits per heavy atom. The molecule has 0 amide bonds. The molecule has 2 saturated heterocycles. The van der Waals surface area contributed by atoms with Gasteiger partial charge in [0.15, 0.2) is 0 Å². The van der Waals surface area contributed by atoms with Gasteiger partial charge in [-0.25, -0.2) is 4.98 Å². The third kappa shape index (κ3) is 2.87. The van der Waals surface area contributed by atoms with Gasteiger partial charge in [-0.05, 0) is 45.1 Å². The van der Waals surface area contributed by atoms with Crippen LogP contribution < -0.4 is 15.0 Å². The molecule has 2 aliphatic rings. The number of aryl methyl sites for hydroxylation is 1. The molecule has 0 saturated carbocycles. The summed E-state index contributed by atoms with van der Waals surface area (Å²) >= 11 is 0. The lowest BCUT2D eigenvalue weighted by Crippen LogP contribution is -2.41. The average Bonchev–Trinajstić information content (AvgIpc) is 3.01. The monoisotopic (exact) mass is 276 g/mol. The second-order valence-corrected chi connectivity index (χ2v) is 5.88. The van der Waals surface area contributed by atoms with Gasteiger partial charge in [0.05, 0.1) is 7.11 Å². The number of ether oxygens (including phenoxy) is 1. The molecule has 20 heavy (non-hydrogen) atoms. The van der Waals surface area contributed by atoms with Gasteiger partial charge in [0.1, 0.15) is 0 Å². The van der Waals surface area contributed by atoms with Crippen molar-refractivity contribution >= 4 is 5.95 Å². The van der Waals surface area contributed by atoms with Gasteiger partial charge in [-0.3, -0.25) is 0 Å². The highest BCUT2D eigenvalue weighted by Crippen LogP contribution is 2.27. The van der Waals surface area contributed by atoms with Crippen LogP contribution >= 0.6 is 0 Å². The number of nitrogens with zero attached hydrogens (tertiary/aromatic N) is 3. The van der Waals surface area contributed by atoms with Crippen LogP contribution in [0.5, 0.6) is 5.88 Å². The molecule has 1 N–H and O–H groups in total. The highest BCUT2D eigenvalue weighted by atomic mass is 16.5. The second kappa shape index (κ2) is 5.95. The largest absolute Gasteiger partial charge is 0.481 e. The number of rotatable bonds is 3. The van der Waals surface area contributed by atoms with E-state index < -0.39 is 0 Å². The SMILES string of the molecule is COc1cc(C)nc(N2CCC(C3CCCN3)CC2)n1. The van der Waals surface area contributed by atoms with E-state index in [9.17, 15) is 0 Å². The summed E-state index contributed by atoms with van der Waals surface area (Å²) in [4.78, 5) is 11.3. The fourth-order valence-corrected chi connectivity index (χ4v) is 3.39. The fraction of sp³-hybridized carbons (Fsp3) is 0.733. The predicted octanol–water partition coefficient (Wildman–Crippen LogP) is 1.76. The van der Waals surface area contributed by atoms with E-state index in [2.05, 4.69) is 20.2 Å². The zero-order valence-corrected chi connectivity index (χ0v) is 12.4. The van der Waals surface area contributed by atoms with Gasteiger partial charge in [0.25, 0.3) is 0 Å². The molecule has 1 atom stereocenters. The second-order valence-electron chi connectivity index (χ2n) is 5.88. The first kappa shape index (κ1) is 13.6. The molecule has 0 radical (unpaired) electrons. The summed E-state index contributed by atoms with van der Waals surface area (Å²) in [7, 11) is 1.66. The number of anilines is 1. The van der Waals surface area contributed by atoms with Crippen molar-refractivity contribution in [2.45, 2.75) is 38.6 Å². The highest BCUT2D eigenvalue weighted by molar-refractivity contribution is 5.34. The van der Waals surface area contributed by atoms with Crippen LogP contribution in [-0.4, -0.2) is 42.8 Å².